The number of carbonyl (C=O) groups is 2. The molecule has 110 valence electrons. The van der Waals surface area contributed by atoms with Crippen LogP contribution in [0.1, 0.15) is 12.5 Å². The summed E-state index contributed by atoms with van der Waals surface area (Å²) in [5, 5.41) is 18.0. The normalized spacial score (nSPS) is 20.9. The summed E-state index contributed by atoms with van der Waals surface area (Å²) in [5.41, 5.74) is 0.364. The molecule has 2 rings (SSSR count). The number of carbonyl (C=O) groups excluding carboxylic acids is 1. The molecular weight excluding hydrogens is 272 g/mol. The van der Waals surface area contributed by atoms with Crippen molar-refractivity contribution in [3.05, 3.63) is 29.8 Å². The molecule has 0 spiro atoms. The van der Waals surface area contributed by atoms with Crippen LogP contribution < -0.4 is 4.74 Å². The predicted molar refractivity (Wildman–Crippen MR) is 73.5 cm³/mol. The lowest BCUT2D eigenvalue weighted by molar-refractivity contribution is -0.142. The third kappa shape index (κ3) is 3.31. The summed E-state index contributed by atoms with van der Waals surface area (Å²) >= 11 is 0. The van der Waals surface area contributed by atoms with Gasteiger partial charge in [0.2, 0.25) is 0 Å². The second kappa shape index (κ2) is 6.27. The van der Waals surface area contributed by atoms with Gasteiger partial charge in [0, 0.05) is 13.1 Å². The predicted octanol–water partition coefficient (Wildman–Crippen LogP) is 1.12. The van der Waals surface area contributed by atoms with Gasteiger partial charge in [-0.05, 0) is 18.1 Å². The Morgan fingerprint density at radius 2 is 2.14 bits per heavy atom. The second-order valence-electron chi connectivity index (χ2n) is 5.12. The Morgan fingerprint density at radius 1 is 1.43 bits per heavy atom. The van der Waals surface area contributed by atoms with E-state index in [9.17, 15) is 9.59 Å². The van der Waals surface area contributed by atoms with Crippen molar-refractivity contribution in [1.82, 2.24) is 4.90 Å². The largest absolute Gasteiger partial charge is 0.482 e. The molecule has 21 heavy (non-hydrogen) atoms. The summed E-state index contributed by atoms with van der Waals surface area (Å²) in [5.74, 6) is -1.39. The van der Waals surface area contributed by atoms with E-state index < -0.39 is 11.9 Å². The number of likely N-dealkylation sites (tertiary alicyclic amines) is 1. The van der Waals surface area contributed by atoms with Crippen LogP contribution >= 0.6 is 0 Å². The summed E-state index contributed by atoms with van der Waals surface area (Å²) in [7, 11) is 0. The van der Waals surface area contributed by atoms with Crippen molar-refractivity contribution in [3.63, 3.8) is 0 Å². The van der Waals surface area contributed by atoms with Gasteiger partial charge < -0.3 is 14.7 Å². The first-order chi connectivity index (χ1) is 10.0. The zero-order valence-corrected chi connectivity index (χ0v) is 11.7. The first kappa shape index (κ1) is 14.9. The van der Waals surface area contributed by atoms with Crippen LogP contribution in [0.5, 0.6) is 5.75 Å². The van der Waals surface area contributed by atoms with Crippen molar-refractivity contribution in [2.75, 3.05) is 19.7 Å². The Hall–Kier alpha value is -2.55. The summed E-state index contributed by atoms with van der Waals surface area (Å²) in [6.45, 7) is 2.24. The zero-order valence-electron chi connectivity index (χ0n) is 11.7. The second-order valence-corrected chi connectivity index (χ2v) is 5.12. The van der Waals surface area contributed by atoms with Crippen LogP contribution in [-0.4, -0.2) is 41.6 Å². The standard InChI is InChI=1S/C15H16N2O4/c1-10-7-17(8-12(10)15(19)20)14(18)9-21-13-5-3-2-4-11(13)6-16/h2-5,10,12H,7-9H2,1H3,(H,19,20)/t10-,12-/m1/s1. The van der Waals surface area contributed by atoms with E-state index in [2.05, 4.69) is 0 Å². The molecule has 0 saturated carbocycles. The maximum atomic E-state index is 12.1. The highest BCUT2D eigenvalue weighted by Crippen LogP contribution is 2.23. The van der Waals surface area contributed by atoms with Crippen molar-refractivity contribution in [1.29, 1.82) is 5.26 Å². The van der Waals surface area contributed by atoms with Crippen molar-refractivity contribution >= 4 is 11.9 Å². The fourth-order valence-corrected chi connectivity index (χ4v) is 2.41. The Balaban J connectivity index is 1.94. The highest BCUT2D eigenvalue weighted by molar-refractivity contribution is 5.80. The number of ether oxygens (including phenoxy) is 1. The van der Waals surface area contributed by atoms with Gasteiger partial charge in [-0.15, -0.1) is 0 Å². The van der Waals surface area contributed by atoms with E-state index in [0.717, 1.165) is 0 Å². The molecule has 6 nitrogen and oxygen atoms in total. The fraction of sp³-hybridized carbons (Fsp3) is 0.400. The molecule has 1 aliphatic rings. The Labute approximate surface area is 122 Å². The van der Waals surface area contributed by atoms with Crippen LogP contribution in [0.15, 0.2) is 24.3 Å². The van der Waals surface area contributed by atoms with Crippen molar-refractivity contribution in [3.8, 4) is 11.8 Å². The highest BCUT2D eigenvalue weighted by atomic mass is 16.5. The van der Waals surface area contributed by atoms with Crippen molar-refractivity contribution < 1.29 is 19.4 Å². The minimum absolute atomic E-state index is 0.0714. The van der Waals surface area contributed by atoms with E-state index in [4.69, 9.17) is 15.1 Å². The quantitative estimate of drug-likeness (QED) is 0.896. The summed E-state index contributed by atoms with van der Waals surface area (Å²) in [6.07, 6.45) is 0. The minimum atomic E-state index is -0.881. The molecule has 1 N–H and O–H groups in total. The Bertz CT molecular complexity index is 594. The van der Waals surface area contributed by atoms with E-state index in [-0.39, 0.29) is 25.0 Å². The number of amides is 1. The van der Waals surface area contributed by atoms with E-state index >= 15 is 0 Å². The van der Waals surface area contributed by atoms with Gasteiger partial charge in [-0.2, -0.15) is 5.26 Å². The van der Waals surface area contributed by atoms with E-state index in [1.165, 1.54) is 4.90 Å². The van der Waals surface area contributed by atoms with E-state index in [1.807, 2.05) is 13.0 Å². The molecule has 6 heteroatoms. The number of nitrogens with zero attached hydrogens (tertiary/aromatic N) is 2. The van der Waals surface area contributed by atoms with Gasteiger partial charge >= 0.3 is 5.97 Å². The number of rotatable bonds is 4. The Morgan fingerprint density at radius 3 is 2.76 bits per heavy atom. The zero-order chi connectivity index (χ0) is 15.4. The van der Waals surface area contributed by atoms with Crippen molar-refractivity contribution in [2.45, 2.75) is 6.92 Å². The average molecular weight is 288 g/mol. The van der Waals surface area contributed by atoms with Gasteiger partial charge in [-0.3, -0.25) is 9.59 Å². The van der Waals surface area contributed by atoms with E-state index in [1.54, 1.807) is 24.3 Å². The number of nitriles is 1. The van der Waals surface area contributed by atoms with Crippen LogP contribution in [-0.2, 0) is 9.59 Å². The molecule has 1 aromatic rings. The topological polar surface area (TPSA) is 90.6 Å². The van der Waals surface area contributed by atoms with Gasteiger partial charge in [0.1, 0.15) is 11.8 Å². The number of hydrogen-bond donors (Lipinski definition) is 1. The molecule has 0 aliphatic carbocycles. The number of carboxylic acid groups (broad SMARTS) is 1. The molecule has 1 aliphatic heterocycles. The van der Waals surface area contributed by atoms with Crippen LogP contribution in [0.3, 0.4) is 0 Å². The van der Waals surface area contributed by atoms with Gasteiger partial charge in [0.15, 0.2) is 6.61 Å². The maximum absolute atomic E-state index is 12.1. The van der Waals surface area contributed by atoms with Gasteiger partial charge in [0.25, 0.3) is 5.91 Å². The SMILES string of the molecule is C[C@@H]1CN(C(=O)COc2ccccc2C#N)C[C@H]1C(=O)O. The van der Waals surface area contributed by atoms with Crippen LogP contribution in [0.2, 0.25) is 0 Å². The Kier molecular flexibility index (Phi) is 4.43. The minimum Gasteiger partial charge on any atom is -0.482 e. The molecule has 1 saturated heterocycles. The molecule has 1 amide bonds. The van der Waals surface area contributed by atoms with Gasteiger partial charge in [-0.25, -0.2) is 0 Å². The smallest absolute Gasteiger partial charge is 0.308 e. The summed E-state index contributed by atoms with van der Waals surface area (Å²) < 4.78 is 5.37. The number of hydrogen-bond acceptors (Lipinski definition) is 4. The molecule has 1 fully saturated rings. The molecule has 1 aromatic carbocycles. The lowest BCUT2D eigenvalue weighted by Gasteiger charge is -2.16. The first-order valence-electron chi connectivity index (χ1n) is 6.65. The highest BCUT2D eigenvalue weighted by Gasteiger charge is 2.36. The number of carboxylic acids is 1. The van der Waals surface area contributed by atoms with Crippen LogP contribution in [0.4, 0.5) is 0 Å². The van der Waals surface area contributed by atoms with E-state index in [0.29, 0.717) is 17.9 Å². The molecular formula is C15H16N2O4. The average Bonchev–Trinajstić information content (AvgIpc) is 2.87. The van der Waals surface area contributed by atoms with Gasteiger partial charge in [-0.1, -0.05) is 19.1 Å². The molecule has 0 radical (unpaired) electrons. The molecule has 0 unspecified atom stereocenters. The lowest BCUT2D eigenvalue weighted by atomic mass is 9.99. The van der Waals surface area contributed by atoms with Crippen molar-refractivity contribution in [2.24, 2.45) is 11.8 Å². The fourth-order valence-electron chi connectivity index (χ4n) is 2.41. The molecule has 1 heterocycles. The molecule has 0 aromatic heterocycles. The van der Waals surface area contributed by atoms with Crippen LogP contribution in [0, 0.1) is 23.2 Å². The van der Waals surface area contributed by atoms with Gasteiger partial charge in [0.05, 0.1) is 11.5 Å². The summed E-state index contributed by atoms with van der Waals surface area (Å²) in [6, 6.07) is 8.66. The summed E-state index contributed by atoms with van der Waals surface area (Å²) in [4.78, 5) is 24.6. The number of para-hydroxylation sites is 1. The monoisotopic (exact) mass is 288 g/mol. The number of aliphatic carboxylic acids is 1. The van der Waals surface area contributed by atoms with Crippen LogP contribution in [0.25, 0.3) is 0 Å². The molecule has 0 bridgehead atoms. The third-order valence-corrected chi connectivity index (χ3v) is 3.64. The first-order valence-corrected chi connectivity index (χ1v) is 6.65. The maximum Gasteiger partial charge on any atom is 0.308 e. The molecule has 2 atom stereocenters. The third-order valence-electron chi connectivity index (χ3n) is 3.64. The number of benzene rings is 1. The lowest BCUT2D eigenvalue weighted by Crippen LogP contribution is -2.34.